The first-order chi connectivity index (χ1) is 14.6. The lowest BCUT2D eigenvalue weighted by Gasteiger charge is -2.21. The van der Waals surface area contributed by atoms with Crippen LogP contribution in [0.4, 0.5) is 0 Å². The van der Waals surface area contributed by atoms with Gasteiger partial charge in [0.25, 0.3) is 5.91 Å². The fourth-order valence-corrected chi connectivity index (χ4v) is 3.68. The van der Waals surface area contributed by atoms with E-state index in [1.165, 1.54) is 0 Å². The van der Waals surface area contributed by atoms with Crippen molar-refractivity contribution >= 4 is 22.8 Å². The van der Waals surface area contributed by atoms with Crippen LogP contribution < -0.4 is 10.1 Å². The van der Waals surface area contributed by atoms with Crippen LogP contribution in [-0.2, 0) is 11.3 Å². The smallest absolute Gasteiger partial charge is 0.270 e. The molecule has 1 aliphatic heterocycles. The van der Waals surface area contributed by atoms with Gasteiger partial charge in [-0.1, -0.05) is 12.1 Å². The van der Waals surface area contributed by atoms with Gasteiger partial charge in [0, 0.05) is 37.1 Å². The second-order valence-corrected chi connectivity index (χ2v) is 7.41. The fourth-order valence-electron chi connectivity index (χ4n) is 3.68. The number of fused-ring (bicyclic) bond motifs is 1. The topological polar surface area (TPSA) is 84.4 Å². The number of nitrogens with zero attached hydrogens (tertiary/aromatic N) is 3. The molecule has 1 aliphatic rings. The Hall–Kier alpha value is -3.48. The van der Waals surface area contributed by atoms with Crippen molar-refractivity contribution in [2.75, 3.05) is 13.7 Å². The molecule has 154 valence electrons. The molecular weight excluding hydrogens is 380 g/mol. The highest BCUT2D eigenvalue weighted by Crippen LogP contribution is 2.19. The Morgan fingerprint density at radius 1 is 1.20 bits per heavy atom. The van der Waals surface area contributed by atoms with Crippen LogP contribution in [0.3, 0.4) is 0 Å². The number of pyridine rings is 2. The molecule has 0 saturated carbocycles. The van der Waals surface area contributed by atoms with Gasteiger partial charge in [0.1, 0.15) is 11.4 Å². The van der Waals surface area contributed by atoms with Gasteiger partial charge in [-0.15, -0.1) is 0 Å². The number of rotatable bonds is 5. The Bertz CT molecular complexity index is 1070. The first-order valence-corrected chi connectivity index (χ1v) is 10.1. The molecule has 1 atom stereocenters. The predicted molar refractivity (Wildman–Crippen MR) is 113 cm³/mol. The van der Waals surface area contributed by atoms with E-state index in [4.69, 9.17) is 4.74 Å². The molecule has 1 fully saturated rings. The van der Waals surface area contributed by atoms with E-state index in [2.05, 4.69) is 15.3 Å². The van der Waals surface area contributed by atoms with Gasteiger partial charge in [-0.05, 0) is 54.8 Å². The van der Waals surface area contributed by atoms with Crippen molar-refractivity contribution in [1.29, 1.82) is 0 Å². The Morgan fingerprint density at radius 3 is 2.97 bits per heavy atom. The van der Waals surface area contributed by atoms with Gasteiger partial charge >= 0.3 is 0 Å². The normalized spacial score (nSPS) is 16.9. The summed E-state index contributed by atoms with van der Waals surface area (Å²) >= 11 is 0. The van der Waals surface area contributed by atoms with E-state index in [0.717, 1.165) is 16.7 Å². The summed E-state index contributed by atoms with van der Waals surface area (Å²) in [5.41, 5.74) is 1.91. The Kier molecular flexibility index (Phi) is 5.88. The standard InChI is InChI=1S/C23H24N4O3/c1-30-19-6-2-4-16(14-19)15-27-13-11-18(8-10-21(27)28)25-23(29)20-9-7-17-5-3-12-24-22(17)26-20/h2-7,9,12,14,18H,8,10-11,13,15H2,1H3,(H,25,29). The van der Waals surface area contributed by atoms with Gasteiger partial charge in [-0.3, -0.25) is 9.59 Å². The van der Waals surface area contributed by atoms with Crippen LogP contribution in [0.25, 0.3) is 11.0 Å². The number of methoxy groups -OCH3 is 1. The van der Waals surface area contributed by atoms with Crippen molar-refractivity contribution in [3.8, 4) is 5.75 Å². The molecular formula is C23H24N4O3. The molecule has 0 spiro atoms. The maximum Gasteiger partial charge on any atom is 0.270 e. The average Bonchev–Trinajstić information content (AvgIpc) is 2.95. The summed E-state index contributed by atoms with van der Waals surface area (Å²) in [5, 5.41) is 3.93. The highest BCUT2D eigenvalue weighted by Gasteiger charge is 2.24. The molecule has 7 heteroatoms. The van der Waals surface area contributed by atoms with E-state index < -0.39 is 0 Å². The first-order valence-electron chi connectivity index (χ1n) is 10.1. The molecule has 4 rings (SSSR count). The predicted octanol–water partition coefficient (Wildman–Crippen LogP) is 2.95. The third kappa shape index (κ3) is 4.56. The SMILES string of the molecule is COc1cccc(CN2CCC(NC(=O)c3ccc4cccnc4n3)CCC2=O)c1. The van der Waals surface area contributed by atoms with E-state index in [-0.39, 0.29) is 17.9 Å². The molecule has 3 aromatic rings. The molecule has 1 unspecified atom stereocenters. The lowest BCUT2D eigenvalue weighted by molar-refractivity contribution is -0.131. The van der Waals surface area contributed by atoms with Crippen LogP contribution in [0.15, 0.2) is 54.7 Å². The average molecular weight is 404 g/mol. The summed E-state index contributed by atoms with van der Waals surface area (Å²) in [6, 6.07) is 15.0. The Morgan fingerprint density at radius 2 is 2.10 bits per heavy atom. The molecule has 1 N–H and O–H groups in total. The fraction of sp³-hybridized carbons (Fsp3) is 0.304. The molecule has 0 bridgehead atoms. The lowest BCUT2D eigenvalue weighted by Crippen LogP contribution is -2.36. The number of ether oxygens (including phenoxy) is 1. The monoisotopic (exact) mass is 404 g/mol. The van der Waals surface area contributed by atoms with Crippen LogP contribution in [0.2, 0.25) is 0 Å². The molecule has 1 aromatic carbocycles. The van der Waals surface area contributed by atoms with E-state index in [1.807, 2.05) is 47.4 Å². The highest BCUT2D eigenvalue weighted by molar-refractivity contribution is 5.94. The third-order valence-electron chi connectivity index (χ3n) is 5.35. The van der Waals surface area contributed by atoms with Crippen molar-refractivity contribution in [2.24, 2.45) is 0 Å². The van der Waals surface area contributed by atoms with Gasteiger partial charge in [-0.25, -0.2) is 9.97 Å². The molecule has 2 amide bonds. The number of nitrogens with one attached hydrogen (secondary N) is 1. The Labute approximate surface area is 175 Å². The van der Waals surface area contributed by atoms with Gasteiger partial charge in [0.05, 0.1) is 7.11 Å². The van der Waals surface area contributed by atoms with Crippen LogP contribution in [0, 0.1) is 0 Å². The summed E-state index contributed by atoms with van der Waals surface area (Å²) in [6.07, 6.45) is 3.38. The molecule has 3 heterocycles. The van der Waals surface area contributed by atoms with E-state index in [9.17, 15) is 9.59 Å². The van der Waals surface area contributed by atoms with Crippen molar-refractivity contribution in [2.45, 2.75) is 31.8 Å². The number of likely N-dealkylation sites (tertiary alicyclic amines) is 1. The number of amides is 2. The van der Waals surface area contributed by atoms with Crippen molar-refractivity contribution in [3.05, 3.63) is 66.0 Å². The minimum Gasteiger partial charge on any atom is -0.497 e. The summed E-state index contributed by atoms with van der Waals surface area (Å²) in [7, 11) is 1.63. The van der Waals surface area contributed by atoms with Crippen LogP contribution >= 0.6 is 0 Å². The number of benzene rings is 1. The number of aromatic nitrogens is 2. The zero-order valence-corrected chi connectivity index (χ0v) is 16.9. The number of carbonyl (C=O) groups excluding carboxylic acids is 2. The van der Waals surface area contributed by atoms with Crippen LogP contribution in [0.1, 0.15) is 35.3 Å². The zero-order valence-electron chi connectivity index (χ0n) is 16.9. The molecule has 0 aliphatic carbocycles. The summed E-state index contributed by atoms with van der Waals surface area (Å²) < 4.78 is 5.26. The number of hydrogen-bond donors (Lipinski definition) is 1. The minimum absolute atomic E-state index is 0.0713. The zero-order chi connectivity index (χ0) is 20.9. The first kappa shape index (κ1) is 19.8. The summed E-state index contributed by atoms with van der Waals surface area (Å²) in [6.45, 7) is 1.13. The lowest BCUT2D eigenvalue weighted by atomic mass is 10.1. The van der Waals surface area contributed by atoms with E-state index in [0.29, 0.717) is 43.7 Å². The van der Waals surface area contributed by atoms with Gasteiger partial charge in [0.2, 0.25) is 5.91 Å². The van der Waals surface area contributed by atoms with Crippen LogP contribution in [0.5, 0.6) is 5.75 Å². The molecule has 1 saturated heterocycles. The molecule has 7 nitrogen and oxygen atoms in total. The second kappa shape index (κ2) is 8.90. The third-order valence-corrected chi connectivity index (χ3v) is 5.35. The molecule has 0 radical (unpaired) electrons. The van der Waals surface area contributed by atoms with Crippen LogP contribution in [-0.4, -0.2) is 46.4 Å². The maximum atomic E-state index is 12.7. The molecule has 2 aromatic heterocycles. The van der Waals surface area contributed by atoms with E-state index >= 15 is 0 Å². The van der Waals surface area contributed by atoms with Crippen molar-refractivity contribution < 1.29 is 14.3 Å². The van der Waals surface area contributed by atoms with Gasteiger partial charge in [0.15, 0.2) is 5.65 Å². The Balaban J connectivity index is 1.39. The largest absolute Gasteiger partial charge is 0.497 e. The number of carbonyl (C=O) groups is 2. The summed E-state index contributed by atoms with van der Waals surface area (Å²) in [5.74, 6) is 0.640. The van der Waals surface area contributed by atoms with Gasteiger partial charge < -0.3 is 15.0 Å². The second-order valence-electron chi connectivity index (χ2n) is 7.41. The van der Waals surface area contributed by atoms with Crippen molar-refractivity contribution in [3.63, 3.8) is 0 Å². The highest BCUT2D eigenvalue weighted by atomic mass is 16.5. The van der Waals surface area contributed by atoms with Crippen molar-refractivity contribution in [1.82, 2.24) is 20.2 Å². The molecule has 30 heavy (non-hydrogen) atoms. The van der Waals surface area contributed by atoms with E-state index in [1.54, 1.807) is 19.4 Å². The quantitative estimate of drug-likeness (QED) is 0.707. The number of hydrogen-bond acceptors (Lipinski definition) is 5. The summed E-state index contributed by atoms with van der Waals surface area (Å²) in [4.78, 5) is 35.7. The maximum absolute atomic E-state index is 12.7. The van der Waals surface area contributed by atoms with Gasteiger partial charge in [-0.2, -0.15) is 0 Å². The minimum atomic E-state index is -0.235.